The van der Waals surface area contributed by atoms with Gasteiger partial charge in [0.05, 0.1) is 19.9 Å². The van der Waals surface area contributed by atoms with Gasteiger partial charge in [-0.1, -0.05) is 0 Å². The zero-order chi connectivity index (χ0) is 9.68. The lowest BCUT2D eigenvalue weighted by atomic mass is 10.3. The molecule has 4 heteroatoms. The summed E-state index contributed by atoms with van der Waals surface area (Å²) in [7, 11) is 3.11. The van der Waals surface area contributed by atoms with Gasteiger partial charge in [0.15, 0.2) is 6.19 Å². The Kier molecular flexibility index (Phi) is 2.98. The van der Waals surface area contributed by atoms with E-state index in [1.165, 1.54) is 7.11 Å². The molecule has 0 aliphatic heterocycles. The number of nitriles is 1. The van der Waals surface area contributed by atoms with Crippen molar-refractivity contribution in [2.75, 3.05) is 19.5 Å². The zero-order valence-corrected chi connectivity index (χ0v) is 7.50. The zero-order valence-electron chi connectivity index (χ0n) is 7.50. The summed E-state index contributed by atoms with van der Waals surface area (Å²) in [6.07, 6.45) is 1.83. The lowest BCUT2D eigenvalue weighted by Gasteiger charge is -2.07. The summed E-state index contributed by atoms with van der Waals surface area (Å²) in [5, 5.41) is 10.9. The molecule has 13 heavy (non-hydrogen) atoms. The van der Waals surface area contributed by atoms with Gasteiger partial charge in [0.2, 0.25) is 0 Å². The third-order valence-corrected chi connectivity index (χ3v) is 1.60. The summed E-state index contributed by atoms with van der Waals surface area (Å²) in [4.78, 5) is 0. The third kappa shape index (κ3) is 2.03. The Morgan fingerprint density at radius 3 is 2.62 bits per heavy atom. The van der Waals surface area contributed by atoms with Gasteiger partial charge < -0.3 is 9.47 Å². The van der Waals surface area contributed by atoms with Crippen LogP contribution < -0.4 is 14.8 Å². The van der Waals surface area contributed by atoms with Crippen molar-refractivity contribution in [1.82, 2.24) is 0 Å². The van der Waals surface area contributed by atoms with Crippen molar-refractivity contribution in [3.05, 3.63) is 18.2 Å². The molecule has 1 rings (SSSR count). The van der Waals surface area contributed by atoms with Crippen molar-refractivity contribution in [3.63, 3.8) is 0 Å². The third-order valence-electron chi connectivity index (χ3n) is 1.60. The number of ether oxygens (including phenoxy) is 2. The van der Waals surface area contributed by atoms with Crippen LogP contribution in [0.25, 0.3) is 0 Å². The second-order valence-electron chi connectivity index (χ2n) is 2.30. The van der Waals surface area contributed by atoms with Gasteiger partial charge in [0.25, 0.3) is 0 Å². The molecular weight excluding hydrogens is 168 g/mol. The molecule has 0 spiro atoms. The number of nitrogens with zero attached hydrogens (tertiary/aromatic N) is 1. The number of benzene rings is 1. The predicted molar refractivity (Wildman–Crippen MR) is 48.8 cm³/mol. The van der Waals surface area contributed by atoms with Gasteiger partial charge >= 0.3 is 0 Å². The molecule has 0 amide bonds. The van der Waals surface area contributed by atoms with Crippen LogP contribution in [0.3, 0.4) is 0 Å². The van der Waals surface area contributed by atoms with Gasteiger partial charge in [0, 0.05) is 6.07 Å². The SMILES string of the molecule is COc1ccc(NC#N)c(OC)c1. The van der Waals surface area contributed by atoms with Crippen LogP contribution in [-0.4, -0.2) is 14.2 Å². The molecule has 0 radical (unpaired) electrons. The summed E-state index contributed by atoms with van der Waals surface area (Å²) >= 11 is 0. The highest BCUT2D eigenvalue weighted by Gasteiger charge is 2.02. The number of methoxy groups -OCH3 is 2. The maximum atomic E-state index is 8.42. The standard InChI is InChI=1S/C9H10N2O2/c1-12-7-3-4-8(11-6-10)9(5-7)13-2/h3-5,11H,1-2H3. The number of hydrogen-bond donors (Lipinski definition) is 1. The fourth-order valence-electron chi connectivity index (χ4n) is 0.962. The number of nitrogens with one attached hydrogen (secondary N) is 1. The van der Waals surface area contributed by atoms with Crippen LogP contribution in [0.15, 0.2) is 18.2 Å². The lowest BCUT2D eigenvalue weighted by Crippen LogP contribution is -1.93. The molecule has 0 unspecified atom stereocenters. The molecule has 0 saturated carbocycles. The molecule has 0 aliphatic carbocycles. The molecule has 1 aromatic rings. The Morgan fingerprint density at radius 2 is 2.08 bits per heavy atom. The molecule has 1 aromatic carbocycles. The van der Waals surface area contributed by atoms with Crippen molar-refractivity contribution in [2.24, 2.45) is 0 Å². The molecular formula is C9H10N2O2. The van der Waals surface area contributed by atoms with E-state index in [9.17, 15) is 0 Å². The van der Waals surface area contributed by atoms with E-state index in [4.69, 9.17) is 14.7 Å². The molecule has 0 fully saturated rings. The molecule has 4 nitrogen and oxygen atoms in total. The highest BCUT2D eigenvalue weighted by molar-refractivity contribution is 5.60. The lowest BCUT2D eigenvalue weighted by molar-refractivity contribution is 0.395. The summed E-state index contributed by atoms with van der Waals surface area (Å²) < 4.78 is 10.0. The molecule has 1 N–H and O–H groups in total. The summed E-state index contributed by atoms with van der Waals surface area (Å²) in [6.45, 7) is 0. The second kappa shape index (κ2) is 4.21. The molecule has 0 atom stereocenters. The fraction of sp³-hybridized carbons (Fsp3) is 0.222. The minimum absolute atomic E-state index is 0.584. The van der Waals surface area contributed by atoms with Crippen LogP contribution in [0.5, 0.6) is 11.5 Å². The topological polar surface area (TPSA) is 54.3 Å². The van der Waals surface area contributed by atoms with Crippen molar-refractivity contribution in [1.29, 1.82) is 5.26 Å². The molecule has 0 bridgehead atoms. The highest BCUT2D eigenvalue weighted by Crippen LogP contribution is 2.28. The number of hydrogen-bond acceptors (Lipinski definition) is 4. The van der Waals surface area contributed by atoms with Crippen LogP contribution in [0.4, 0.5) is 5.69 Å². The summed E-state index contributed by atoms with van der Waals surface area (Å²) in [5.41, 5.74) is 0.630. The number of rotatable bonds is 3. The smallest absolute Gasteiger partial charge is 0.181 e. The maximum absolute atomic E-state index is 8.42. The minimum atomic E-state index is 0.584. The molecule has 0 heterocycles. The van der Waals surface area contributed by atoms with Crippen LogP contribution in [-0.2, 0) is 0 Å². The monoisotopic (exact) mass is 178 g/mol. The average Bonchev–Trinajstić information content (AvgIpc) is 2.19. The van der Waals surface area contributed by atoms with E-state index in [2.05, 4.69) is 5.32 Å². The Hall–Kier alpha value is -1.89. The Balaban J connectivity index is 3.02. The maximum Gasteiger partial charge on any atom is 0.181 e. The Morgan fingerprint density at radius 1 is 1.31 bits per heavy atom. The second-order valence-corrected chi connectivity index (χ2v) is 2.30. The molecule has 0 aromatic heterocycles. The van der Waals surface area contributed by atoms with Crippen LogP contribution in [0, 0.1) is 11.5 Å². The predicted octanol–water partition coefficient (Wildman–Crippen LogP) is 1.60. The van der Waals surface area contributed by atoms with E-state index in [1.54, 1.807) is 25.3 Å². The van der Waals surface area contributed by atoms with Gasteiger partial charge in [-0.05, 0) is 12.1 Å². The van der Waals surface area contributed by atoms with Gasteiger partial charge in [-0.15, -0.1) is 0 Å². The first kappa shape index (κ1) is 9.20. The van der Waals surface area contributed by atoms with Crippen molar-refractivity contribution < 1.29 is 9.47 Å². The van der Waals surface area contributed by atoms with E-state index < -0.39 is 0 Å². The van der Waals surface area contributed by atoms with Gasteiger partial charge in [-0.3, -0.25) is 5.32 Å². The van der Waals surface area contributed by atoms with Gasteiger partial charge in [0.1, 0.15) is 11.5 Å². The quantitative estimate of drug-likeness (QED) is 0.564. The molecule has 0 saturated heterocycles. The van der Waals surface area contributed by atoms with E-state index in [0.29, 0.717) is 17.2 Å². The van der Waals surface area contributed by atoms with E-state index >= 15 is 0 Å². The van der Waals surface area contributed by atoms with Crippen LogP contribution in [0.1, 0.15) is 0 Å². The van der Waals surface area contributed by atoms with Crippen molar-refractivity contribution >= 4 is 5.69 Å². The summed E-state index contributed by atoms with van der Waals surface area (Å²) in [5.74, 6) is 1.28. The highest BCUT2D eigenvalue weighted by atomic mass is 16.5. The fourth-order valence-corrected chi connectivity index (χ4v) is 0.962. The molecule has 68 valence electrons. The van der Waals surface area contributed by atoms with E-state index in [-0.39, 0.29) is 0 Å². The van der Waals surface area contributed by atoms with Gasteiger partial charge in [-0.25, -0.2) is 0 Å². The first-order chi connectivity index (χ1) is 6.31. The number of anilines is 1. The van der Waals surface area contributed by atoms with E-state index in [1.807, 2.05) is 6.19 Å². The minimum Gasteiger partial charge on any atom is -0.497 e. The van der Waals surface area contributed by atoms with E-state index in [0.717, 1.165) is 0 Å². The summed E-state index contributed by atoms with van der Waals surface area (Å²) in [6, 6.07) is 5.18. The van der Waals surface area contributed by atoms with Crippen molar-refractivity contribution in [3.8, 4) is 17.7 Å². The van der Waals surface area contributed by atoms with Crippen molar-refractivity contribution in [2.45, 2.75) is 0 Å². The Bertz CT molecular complexity index is 331. The first-order valence-corrected chi connectivity index (χ1v) is 3.69. The van der Waals surface area contributed by atoms with Crippen LogP contribution in [0.2, 0.25) is 0 Å². The molecule has 0 aliphatic rings. The van der Waals surface area contributed by atoms with Crippen LogP contribution >= 0.6 is 0 Å². The Labute approximate surface area is 76.7 Å². The first-order valence-electron chi connectivity index (χ1n) is 3.69. The van der Waals surface area contributed by atoms with Gasteiger partial charge in [-0.2, -0.15) is 5.26 Å². The largest absolute Gasteiger partial charge is 0.497 e. The normalized spacial score (nSPS) is 8.69. The average molecular weight is 178 g/mol.